The molecule has 0 bridgehead atoms. The van der Waals surface area contributed by atoms with Crippen LogP contribution in [-0.4, -0.2) is 5.11 Å². The lowest BCUT2D eigenvalue weighted by Crippen LogP contribution is -2.05. The molecule has 0 aromatic heterocycles. The van der Waals surface area contributed by atoms with E-state index in [1.165, 1.54) is 0 Å². The molecule has 0 aliphatic rings. The van der Waals surface area contributed by atoms with Gasteiger partial charge in [0.05, 0.1) is 17.7 Å². The van der Waals surface area contributed by atoms with Gasteiger partial charge in [0.2, 0.25) is 0 Å². The van der Waals surface area contributed by atoms with Gasteiger partial charge in [-0.2, -0.15) is 5.26 Å². The fraction of sp³-hybridized carbons (Fsp3) is 0.364. The highest BCUT2D eigenvalue weighted by atomic mass is 79.9. The summed E-state index contributed by atoms with van der Waals surface area (Å²) in [5, 5.41) is 18.6. The van der Waals surface area contributed by atoms with Crippen LogP contribution in [0.5, 0.6) is 0 Å². The van der Waals surface area contributed by atoms with Gasteiger partial charge < -0.3 is 5.11 Å². The van der Waals surface area contributed by atoms with Gasteiger partial charge in [-0.1, -0.05) is 29.8 Å². The number of nitrogens with zero attached hydrogens (tertiary/aromatic N) is 1. The van der Waals surface area contributed by atoms with Crippen molar-refractivity contribution in [3.05, 3.63) is 33.8 Å². The summed E-state index contributed by atoms with van der Waals surface area (Å²) < 4.78 is 0.825. The second-order valence-corrected chi connectivity index (χ2v) is 4.49. The maximum atomic E-state index is 9.81. The molecular weight excluding hydrogens is 242 g/mol. The molecule has 1 aromatic rings. The Morgan fingerprint density at radius 1 is 1.36 bits per heavy atom. The Balaban J connectivity index is 3.10. The van der Waals surface area contributed by atoms with Gasteiger partial charge in [0.15, 0.2) is 0 Å². The first-order chi connectivity index (χ1) is 6.54. The summed E-state index contributed by atoms with van der Waals surface area (Å²) in [7, 11) is 0. The Morgan fingerprint density at radius 3 is 2.50 bits per heavy atom. The SMILES string of the molecule is CC(C)C(O)c1cc(Br)cc(C#N)c1. The van der Waals surface area contributed by atoms with E-state index in [1.54, 1.807) is 12.1 Å². The Hall–Kier alpha value is -0.850. The number of benzene rings is 1. The van der Waals surface area contributed by atoms with E-state index in [9.17, 15) is 5.11 Å². The highest BCUT2D eigenvalue weighted by Crippen LogP contribution is 2.25. The molecule has 0 radical (unpaired) electrons. The van der Waals surface area contributed by atoms with Crippen LogP contribution in [0.25, 0.3) is 0 Å². The van der Waals surface area contributed by atoms with Gasteiger partial charge >= 0.3 is 0 Å². The highest BCUT2D eigenvalue weighted by Gasteiger charge is 2.13. The predicted octanol–water partition coefficient (Wildman–Crippen LogP) is 3.01. The fourth-order valence-corrected chi connectivity index (χ4v) is 1.74. The average molecular weight is 254 g/mol. The Bertz CT molecular complexity index is 368. The topological polar surface area (TPSA) is 44.0 Å². The van der Waals surface area contributed by atoms with Crippen LogP contribution in [0.15, 0.2) is 22.7 Å². The van der Waals surface area contributed by atoms with Gasteiger partial charge in [-0.25, -0.2) is 0 Å². The van der Waals surface area contributed by atoms with Crippen molar-refractivity contribution in [2.24, 2.45) is 5.92 Å². The molecule has 2 nitrogen and oxygen atoms in total. The first-order valence-electron chi connectivity index (χ1n) is 4.43. The van der Waals surface area contributed by atoms with Crippen molar-refractivity contribution in [1.82, 2.24) is 0 Å². The number of rotatable bonds is 2. The minimum atomic E-state index is -0.514. The lowest BCUT2D eigenvalue weighted by Gasteiger charge is -2.15. The lowest BCUT2D eigenvalue weighted by atomic mass is 9.98. The van der Waals surface area contributed by atoms with E-state index in [1.807, 2.05) is 19.9 Å². The van der Waals surface area contributed by atoms with Crippen LogP contribution in [0.1, 0.15) is 31.1 Å². The highest BCUT2D eigenvalue weighted by molar-refractivity contribution is 9.10. The van der Waals surface area contributed by atoms with Crippen molar-refractivity contribution < 1.29 is 5.11 Å². The second-order valence-electron chi connectivity index (χ2n) is 3.57. The molecule has 74 valence electrons. The molecule has 0 aliphatic heterocycles. The third kappa shape index (κ3) is 2.57. The summed E-state index contributed by atoms with van der Waals surface area (Å²) in [4.78, 5) is 0. The first-order valence-corrected chi connectivity index (χ1v) is 5.22. The Kier molecular flexibility index (Phi) is 3.68. The molecule has 0 fully saturated rings. The van der Waals surface area contributed by atoms with Crippen molar-refractivity contribution in [2.75, 3.05) is 0 Å². The van der Waals surface area contributed by atoms with Crippen LogP contribution >= 0.6 is 15.9 Å². The summed E-state index contributed by atoms with van der Waals surface area (Å²) in [6.07, 6.45) is -0.514. The van der Waals surface area contributed by atoms with Gasteiger partial charge in [-0.15, -0.1) is 0 Å². The summed E-state index contributed by atoms with van der Waals surface area (Å²) >= 11 is 3.31. The van der Waals surface area contributed by atoms with E-state index in [2.05, 4.69) is 22.0 Å². The van der Waals surface area contributed by atoms with Crippen LogP contribution in [-0.2, 0) is 0 Å². The third-order valence-corrected chi connectivity index (χ3v) is 2.48. The standard InChI is InChI=1S/C11H12BrNO/c1-7(2)11(14)9-3-8(6-13)4-10(12)5-9/h3-5,7,11,14H,1-2H3. The normalized spacial score (nSPS) is 12.6. The van der Waals surface area contributed by atoms with Crippen molar-refractivity contribution in [3.8, 4) is 6.07 Å². The number of aliphatic hydroxyl groups is 1. The van der Waals surface area contributed by atoms with Gasteiger partial charge in [-0.3, -0.25) is 0 Å². The van der Waals surface area contributed by atoms with Crippen molar-refractivity contribution in [1.29, 1.82) is 5.26 Å². The largest absolute Gasteiger partial charge is 0.388 e. The summed E-state index contributed by atoms with van der Waals surface area (Å²) in [5.41, 5.74) is 1.35. The van der Waals surface area contributed by atoms with Crippen LogP contribution < -0.4 is 0 Å². The van der Waals surface area contributed by atoms with Gasteiger partial charge in [0.1, 0.15) is 0 Å². The number of aliphatic hydroxyl groups excluding tert-OH is 1. The quantitative estimate of drug-likeness (QED) is 0.881. The average Bonchev–Trinajstić information content (AvgIpc) is 2.15. The van der Waals surface area contributed by atoms with Gasteiger partial charge in [0.25, 0.3) is 0 Å². The third-order valence-electron chi connectivity index (χ3n) is 2.02. The van der Waals surface area contributed by atoms with Crippen LogP contribution in [0.3, 0.4) is 0 Å². The molecule has 1 atom stereocenters. The van der Waals surface area contributed by atoms with Gasteiger partial charge in [0, 0.05) is 4.47 Å². The van der Waals surface area contributed by atoms with Crippen molar-refractivity contribution >= 4 is 15.9 Å². The Labute approximate surface area is 92.3 Å². The van der Waals surface area contributed by atoms with E-state index in [-0.39, 0.29) is 5.92 Å². The van der Waals surface area contributed by atoms with Crippen molar-refractivity contribution in [2.45, 2.75) is 20.0 Å². The second kappa shape index (κ2) is 4.59. The lowest BCUT2D eigenvalue weighted by molar-refractivity contribution is 0.127. The zero-order chi connectivity index (χ0) is 10.7. The molecule has 1 aromatic carbocycles. The predicted molar refractivity (Wildman–Crippen MR) is 58.7 cm³/mol. The molecule has 0 aliphatic carbocycles. The van der Waals surface area contributed by atoms with E-state index in [0.717, 1.165) is 10.0 Å². The molecule has 1 unspecified atom stereocenters. The fourth-order valence-electron chi connectivity index (χ4n) is 1.23. The van der Waals surface area contributed by atoms with E-state index < -0.39 is 6.10 Å². The number of hydrogen-bond acceptors (Lipinski definition) is 2. The molecule has 0 saturated heterocycles. The van der Waals surface area contributed by atoms with Crippen LogP contribution in [0, 0.1) is 17.2 Å². The number of hydrogen-bond donors (Lipinski definition) is 1. The van der Waals surface area contributed by atoms with Crippen LogP contribution in [0.4, 0.5) is 0 Å². The summed E-state index contributed by atoms with van der Waals surface area (Å²) in [6, 6.07) is 7.35. The molecular formula is C11H12BrNO. The van der Waals surface area contributed by atoms with Crippen LogP contribution in [0.2, 0.25) is 0 Å². The summed E-state index contributed by atoms with van der Waals surface area (Å²) in [6.45, 7) is 3.88. The zero-order valence-electron chi connectivity index (χ0n) is 8.16. The molecule has 1 N–H and O–H groups in total. The number of nitriles is 1. The smallest absolute Gasteiger partial charge is 0.0992 e. The Morgan fingerprint density at radius 2 is 2.00 bits per heavy atom. The van der Waals surface area contributed by atoms with E-state index >= 15 is 0 Å². The van der Waals surface area contributed by atoms with Crippen molar-refractivity contribution in [3.63, 3.8) is 0 Å². The molecule has 0 spiro atoms. The molecule has 0 amide bonds. The monoisotopic (exact) mass is 253 g/mol. The molecule has 1 rings (SSSR count). The molecule has 0 saturated carbocycles. The first kappa shape index (κ1) is 11.2. The minimum absolute atomic E-state index is 0.149. The molecule has 0 heterocycles. The van der Waals surface area contributed by atoms with Gasteiger partial charge in [-0.05, 0) is 29.7 Å². The molecule has 3 heteroatoms. The molecule has 14 heavy (non-hydrogen) atoms. The van der Waals surface area contributed by atoms with E-state index in [0.29, 0.717) is 5.56 Å². The summed E-state index contributed by atoms with van der Waals surface area (Å²) in [5.74, 6) is 0.149. The maximum absolute atomic E-state index is 9.81. The maximum Gasteiger partial charge on any atom is 0.0992 e. The van der Waals surface area contributed by atoms with E-state index in [4.69, 9.17) is 5.26 Å². The zero-order valence-corrected chi connectivity index (χ0v) is 9.75. The minimum Gasteiger partial charge on any atom is -0.388 e. The number of halogens is 1.